The van der Waals surface area contributed by atoms with Crippen molar-refractivity contribution in [3.63, 3.8) is 0 Å². The number of hydrogen-bond donors (Lipinski definition) is 2. The van der Waals surface area contributed by atoms with Crippen molar-refractivity contribution >= 4 is 17.1 Å². The molecule has 12 heavy (non-hydrogen) atoms. The molecular formula is C8H11N4+. The van der Waals surface area contributed by atoms with Crippen LogP contribution in [0, 0.1) is 5.39 Å². The fourth-order valence-corrected chi connectivity index (χ4v) is 0.981. The van der Waals surface area contributed by atoms with E-state index < -0.39 is 0 Å². The van der Waals surface area contributed by atoms with Crippen LogP contribution in [0.1, 0.15) is 0 Å². The van der Waals surface area contributed by atoms with Gasteiger partial charge in [-0.2, -0.15) is 0 Å². The molecule has 0 fully saturated rings. The molecule has 0 aliphatic heterocycles. The third kappa shape index (κ3) is 1.45. The molecule has 0 amide bonds. The molecule has 4 nitrogen and oxygen atoms in total. The van der Waals surface area contributed by atoms with Crippen molar-refractivity contribution in [1.29, 1.82) is 5.39 Å². The molecule has 1 aromatic rings. The molecule has 0 heterocycles. The van der Waals surface area contributed by atoms with Gasteiger partial charge in [0.1, 0.15) is 5.69 Å². The molecule has 0 radical (unpaired) electrons. The quantitative estimate of drug-likeness (QED) is 0.657. The summed E-state index contributed by atoms with van der Waals surface area (Å²) >= 11 is 0. The maximum absolute atomic E-state index is 8.63. The Balaban J connectivity index is 3.13. The first-order chi connectivity index (χ1) is 5.81. The van der Waals surface area contributed by atoms with Crippen LogP contribution < -0.4 is 10.6 Å². The normalized spacial score (nSPS) is 8.75. The van der Waals surface area contributed by atoms with Crippen molar-refractivity contribution < 1.29 is 0 Å². The first-order valence-electron chi connectivity index (χ1n) is 3.66. The zero-order valence-corrected chi connectivity index (χ0v) is 7.13. The van der Waals surface area contributed by atoms with E-state index in [4.69, 9.17) is 5.39 Å². The fraction of sp³-hybridized carbons (Fsp3) is 0.250. The minimum atomic E-state index is 0.532. The molecule has 0 saturated heterocycles. The predicted molar refractivity (Wildman–Crippen MR) is 50.3 cm³/mol. The summed E-state index contributed by atoms with van der Waals surface area (Å²) < 4.78 is 0. The van der Waals surface area contributed by atoms with Crippen LogP contribution in [0.3, 0.4) is 0 Å². The van der Waals surface area contributed by atoms with Crippen molar-refractivity contribution in [2.24, 2.45) is 0 Å². The summed E-state index contributed by atoms with van der Waals surface area (Å²) in [6.07, 6.45) is 0. The van der Waals surface area contributed by atoms with E-state index in [2.05, 4.69) is 15.6 Å². The molecule has 0 aliphatic carbocycles. The van der Waals surface area contributed by atoms with Gasteiger partial charge in [0.15, 0.2) is 4.98 Å². The van der Waals surface area contributed by atoms with Gasteiger partial charge < -0.3 is 10.6 Å². The molecule has 2 N–H and O–H groups in total. The number of benzene rings is 1. The smallest absolute Gasteiger partial charge is 0.388 e. The Labute approximate surface area is 71.2 Å². The summed E-state index contributed by atoms with van der Waals surface area (Å²) in [7, 11) is 3.60. The summed E-state index contributed by atoms with van der Waals surface area (Å²) in [5.41, 5.74) is 2.25. The van der Waals surface area contributed by atoms with E-state index in [-0.39, 0.29) is 0 Å². The Hall–Kier alpha value is -1.76. The van der Waals surface area contributed by atoms with Gasteiger partial charge in [-0.1, -0.05) is 0 Å². The average Bonchev–Trinajstić information content (AvgIpc) is 2.16. The Morgan fingerprint density at radius 2 is 2.00 bits per heavy atom. The summed E-state index contributed by atoms with van der Waals surface area (Å²) in [4.78, 5) is 3.15. The number of hydrogen-bond acceptors (Lipinski definition) is 3. The van der Waals surface area contributed by atoms with Gasteiger partial charge in [-0.15, -0.1) is 0 Å². The highest BCUT2D eigenvalue weighted by Crippen LogP contribution is 2.27. The lowest BCUT2D eigenvalue weighted by Crippen LogP contribution is -1.90. The van der Waals surface area contributed by atoms with E-state index in [1.807, 2.05) is 19.2 Å². The van der Waals surface area contributed by atoms with Gasteiger partial charge >= 0.3 is 5.69 Å². The summed E-state index contributed by atoms with van der Waals surface area (Å²) in [5.74, 6) is 0. The Morgan fingerprint density at radius 1 is 1.25 bits per heavy atom. The third-order valence-electron chi connectivity index (χ3n) is 1.66. The second-order valence-electron chi connectivity index (χ2n) is 2.33. The summed E-state index contributed by atoms with van der Waals surface area (Å²) in [6, 6.07) is 5.51. The van der Waals surface area contributed by atoms with Gasteiger partial charge in [0.2, 0.25) is 5.39 Å². The maximum Gasteiger partial charge on any atom is 0.409 e. The van der Waals surface area contributed by atoms with Gasteiger partial charge in [-0.25, -0.2) is 0 Å². The molecule has 0 aliphatic rings. The summed E-state index contributed by atoms with van der Waals surface area (Å²) in [6.45, 7) is 0. The predicted octanol–water partition coefficient (Wildman–Crippen LogP) is 2.25. The maximum atomic E-state index is 8.63. The van der Waals surface area contributed by atoms with Gasteiger partial charge in [-0.3, -0.25) is 0 Å². The molecule has 1 rings (SSSR count). The van der Waals surface area contributed by atoms with Crippen LogP contribution in [0.25, 0.3) is 4.98 Å². The Morgan fingerprint density at radius 3 is 2.50 bits per heavy atom. The first kappa shape index (κ1) is 8.34. The Kier molecular flexibility index (Phi) is 2.49. The van der Waals surface area contributed by atoms with Crippen LogP contribution in [-0.4, -0.2) is 14.1 Å². The average molecular weight is 163 g/mol. The van der Waals surface area contributed by atoms with Crippen LogP contribution >= 0.6 is 0 Å². The number of nitrogens with one attached hydrogen (secondary N) is 2. The lowest BCUT2D eigenvalue weighted by Gasteiger charge is -1.99. The monoisotopic (exact) mass is 163 g/mol. The van der Waals surface area contributed by atoms with Crippen LogP contribution in [-0.2, 0) is 0 Å². The van der Waals surface area contributed by atoms with E-state index in [0.717, 1.165) is 11.4 Å². The molecule has 0 bridgehead atoms. The number of rotatable bonds is 2. The van der Waals surface area contributed by atoms with Gasteiger partial charge in [0.25, 0.3) is 0 Å². The second kappa shape index (κ2) is 3.58. The zero-order valence-electron chi connectivity index (χ0n) is 7.13. The topological polar surface area (TPSA) is 52.2 Å². The highest BCUT2D eigenvalue weighted by Gasteiger charge is 2.11. The van der Waals surface area contributed by atoms with Crippen molar-refractivity contribution in [2.45, 2.75) is 0 Å². The van der Waals surface area contributed by atoms with E-state index >= 15 is 0 Å². The minimum Gasteiger partial charge on any atom is -0.388 e. The fourth-order valence-electron chi connectivity index (χ4n) is 0.981. The standard InChI is InChI=1S/C8H10N4/c1-10-6-3-4-7(11-2)8(5-6)12-9/h3-5,9H,1-2H3/p+1. The third-order valence-corrected chi connectivity index (χ3v) is 1.66. The molecule has 0 saturated carbocycles. The lowest BCUT2D eigenvalue weighted by molar-refractivity contribution is 1.43. The van der Waals surface area contributed by atoms with E-state index in [1.54, 1.807) is 13.1 Å². The van der Waals surface area contributed by atoms with Gasteiger partial charge in [0, 0.05) is 19.8 Å². The van der Waals surface area contributed by atoms with Crippen LogP contribution in [0.2, 0.25) is 0 Å². The van der Waals surface area contributed by atoms with E-state index in [0.29, 0.717) is 5.69 Å². The van der Waals surface area contributed by atoms with Gasteiger partial charge in [-0.05, 0) is 12.1 Å². The molecule has 0 atom stereocenters. The van der Waals surface area contributed by atoms with Crippen molar-refractivity contribution in [3.05, 3.63) is 23.2 Å². The molecule has 4 heteroatoms. The molecule has 0 spiro atoms. The zero-order chi connectivity index (χ0) is 8.97. The van der Waals surface area contributed by atoms with E-state index in [9.17, 15) is 0 Å². The van der Waals surface area contributed by atoms with Crippen LogP contribution in [0.15, 0.2) is 18.2 Å². The molecular weight excluding hydrogens is 152 g/mol. The molecule has 0 unspecified atom stereocenters. The number of nitrogens with zero attached hydrogens (tertiary/aromatic N) is 2. The SMILES string of the molecule is CNc1ccc(NC)c([N+]#N)c1. The number of diazo groups is 1. The first-order valence-corrected chi connectivity index (χ1v) is 3.66. The largest absolute Gasteiger partial charge is 0.409 e. The number of anilines is 2. The molecule has 62 valence electrons. The lowest BCUT2D eigenvalue weighted by atomic mass is 10.2. The second-order valence-corrected chi connectivity index (χ2v) is 2.33. The highest BCUT2D eigenvalue weighted by atomic mass is 14.9. The van der Waals surface area contributed by atoms with Crippen LogP contribution in [0.5, 0.6) is 0 Å². The van der Waals surface area contributed by atoms with Gasteiger partial charge in [0.05, 0.1) is 6.07 Å². The Bertz CT molecular complexity index is 313. The summed E-state index contributed by atoms with van der Waals surface area (Å²) in [5, 5.41) is 14.5. The highest BCUT2D eigenvalue weighted by molar-refractivity contribution is 5.73. The van der Waals surface area contributed by atoms with Crippen molar-refractivity contribution in [3.8, 4) is 0 Å². The van der Waals surface area contributed by atoms with Crippen LogP contribution in [0.4, 0.5) is 17.1 Å². The van der Waals surface area contributed by atoms with E-state index in [1.165, 1.54) is 0 Å². The minimum absolute atomic E-state index is 0.532. The molecule has 1 aromatic carbocycles. The van der Waals surface area contributed by atoms with Crippen molar-refractivity contribution in [2.75, 3.05) is 24.7 Å². The molecule has 0 aromatic heterocycles. The van der Waals surface area contributed by atoms with Crippen molar-refractivity contribution in [1.82, 2.24) is 0 Å².